The Morgan fingerprint density at radius 3 is 2.03 bits per heavy atom. The molecule has 0 aromatic heterocycles. The van der Waals surface area contributed by atoms with Gasteiger partial charge in [0.25, 0.3) is 11.8 Å². The van der Waals surface area contributed by atoms with Gasteiger partial charge in [-0.25, -0.2) is 8.42 Å². The molecule has 0 bridgehead atoms. The van der Waals surface area contributed by atoms with E-state index in [0.717, 1.165) is 6.26 Å². The molecule has 3 aromatic rings. The van der Waals surface area contributed by atoms with Crippen molar-refractivity contribution in [3.63, 3.8) is 0 Å². The fourth-order valence-corrected chi connectivity index (χ4v) is 3.33. The maximum atomic E-state index is 12.6. The fourth-order valence-electron chi connectivity index (χ4n) is 2.57. The van der Waals surface area contributed by atoms with Gasteiger partial charge in [-0.15, -0.1) is 0 Å². The van der Waals surface area contributed by atoms with E-state index in [1.807, 2.05) is 0 Å². The molecule has 0 atom stereocenters. The van der Waals surface area contributed by atoms with Gasteiger partial charge in [0.1, 0.15) is 0 Å². The number of amides is 2. The van der Waals surface area contributed by atoms with Crippen LogP contribution in [0.3, 0.4) is 0 Å². The van der Waals surface area contributed by atoms with Crippen LogP contribution in [0.25, 0.3) is 0 Å². The number of hydrogen-bond acceptors (Lipinski definition) is 4. The smallest absolute Gasteiger partial charge is 0.257 e. The van der Waals surface area contributed by atoms with Gasteiger partial charge in [-0.2, -0.15) is 0 Å². The molecule has 3 rings (SSSR count). The summed E-state index contributed by atoms with van der Waals surface area (Å²) in [7, 11) is -3.35. The van der Waals surface area contributed by atoms with Gasteiger partial charge < -0.3 is 10.6 Å². The van der Waals surface area contributed by atoms with Gasteiger partial charge in [0, 0.05) is 22.5 Å². The van der Waals surface area contributed by atoms with Crippen molar-refractivity contribution in [2.24, 2.45) is 0 Å². The Morgan fingerprint density at radius 2 is 1.41 bits per heavy atom. The van der Waals surface area contributed by atoms with E-state index in [0.29, 0.717) is 16.4 Å². The van der Waals surface area contributed by atoms with E-state index in [4.69, 9.17) is 11.6 Å². The van der Waals surface area contributed by atoms with Crippen LogP contribution < -0.4 is 10.6 Å². The van der Waals surface area contributed by atoms with Crippen molar-refractivity contribution in [1.29, 1.82) is 0 Å². The first-order valence-corrected chi connectivity index (χ1v) is 10.8. The molecule has 6 nitrogen and oxygen atoms in total. The highest BCUT2D eigenvalue weighted by Crippen LogP contribution is 2.20. The van der Waals surface area contributed by atoms with Gasteiger partial charge in [-0.1, -0.05) is 23.7 Å². The minimum Gasteiger partial charge on any atom is -0.322 e. The van der Waals surface area contributed by atoms with E-state index in [2.05, 4.69) is 10.6 Å². The molecular formula is C21H17ClN2O4S. The minimum absolute atomic E-state index is 0.122. The third-order valence-corrected chi connectivity index (χ3v) is 5.45. The molecule has 0 radical (unpaired) electrons. The lowest BCUT2D eigenvalue weighted by Gasteiger charge is -2.12. The molecule has 0 spiro atoms. The van der Waals surface area contributed by atoms with Crippen molar-refractivity contribution in [2.45, 2.75) is 4.90 Å². The zero-order valence-electron chi connectivity index (χ0n) is 15.3. The van der Waals surface area contributed by atoms with Crippen LogP contribution in [0.2, 0.25) is 5.02 Å². The highest BCUT2D eigenvalue weighted by Gasteiger charge is 2.15. The van der Waals surface area contributed by atoms with Crippen molar-refractivity contribution < 1.29 is 18.0 Å². The summed E-state index contributed by atoms with van der Waals surface area (Å²) in [6.45, 7) is 0. The van der Waals surface area contributed by atoms with Gasteiger partial charge in [0.2, 0.25) is 0 Å². The Hall–Kier alpha value is -3.16. The zero-order valence-corrected chi connectivity index (χ0v) is 16.9. The molecule has 0 saturated carbocycles. The molecule has 0 aliphatic carbocycles. The van der Waals surface area contributed by atoms with Crippen molar-refractivity contribution >= 4 is 44.6 Å². The van der Waals surface area contributed by atoms with E-state index < -0.39 is 21.7 Å². The van der Waals surface area contributed by atoms with Crippen molar-refractivity contribution in [2.75, 3.05) is 16.9 Å². The summed E-state index contributed by atoms with van der Waals surface area (Å²) in [6.07, 6.45) is 1.09. The lowest BCUT2D eigenvalue weighted by atomic mass is 10.1. The van der Waals surface area contributed by atoms with Gasteiger partial charge in [-0.3, -0.25) is 9.59 Å². The topological polar surface area (TPSA) is 92.3 Å². The van der Waals surface area contributed by atoms with Gasteiger partial charge in [0.15, 0.2) is 9.84 Å². The highest BCUT2D eigenvalue weighted by molar-refractivity contribution is 7.90. The standard InChI is InChI=1S/C21H17ClN2O4S/c1-29(27,28)17-12-6-14(7-13-17)20(25)24-19-5-3-2-4-18(19)21(26)23-16-10-8-15(22)9-11-16/h2-13H,1H3,(H,23,26)(H,24,25). The summed E-state index contributed by atoms with van der Waals surface area (Å²) in [5.74, 6) is -0.854. The Bertz CT molecular complexity index is 1160. The molecule has 0 fully saturated rings. The second-order valence-electron chi connectivity index (χ2n) is 6.26. The molecule has 8 heteroatoms. The number of rotatable bonds is 5. The summed E-state index contributed by atoms with van der Waals surface area (Å²) >= 11 is 5.85. The Balaban J connectivity index is 1.78. The highest BCUT2D eigenvalue weighted by atomic mass is 35.5. The van der Waals surface area contributed by atoms with Gasteiger partial charge in [0.05, 0.1) is 16.1 Å². The molecule has 0 aliphatic heterocycles. The maximum Gasteiger partial charge on any atom is 0.257 e. The van der Waals surface area contributed by atoms with Crippen LogP contribution in [0, 0.1) is 0 Å². The van der Waals surface area contributed by atoms with Crippen LogP contribution in [0.5, 0.6) is 0 Å². The van der Waals surface area contributed by atoms with Crippen molar-refractivity contribution in [3.05, 3.63) is 88.9 Å². The number of carbonyl (C=O) groups is 2. The summed E-state index contributed by atoms with van der Waals surface area (Å²) < 4.78 is 23.1. The van der Waals surface area contributed by atoms with Crippen LogP contribution in [-0.4, -0.2) is 26.5 Å². The number of anilines is 2. The predicted molar refractivity (Wildman–Crippen MR) is 113 cm³/mol. The molecular weight excluding hydrogens is 412 g/mol. The van der Waals surface area contributed by atoms with Crippen molar-refractivity contribution in [1.82, 2.24) is 0 Å². The van der Waals surface area contributed by atoms with E-state index in [-0.39, 0.29) is 16.0 Å². The van der Waals surface area contributed by atoms with E-state index in [9.17, 15) is 18.0 Å². The quantitative estimate of drug-likeness (QED) is 0.635. The number of halogens is 1. The third kappa shape index (κ3) is 5.22. The molecule has 3 aromatic carbocycles. The normalized spacial score (nSPS) is 11.0. The monoisotopic (exact) mass is 428 g/mol. The number of carbonyl (C=O) groups excluding carboxylic acids is 2. The number of sulfone groups is 1. The number of nitrogens with one attached hydrogen (secondary N) is 2. The molecule has 2 amide bonds. The van der Waals surface area contributed by atoms with E-state index in [1.54, 1.807) is 48.5 Å². The van der Waals surface area contributed by atoms with Crippen LogP contribution in [-0.2, 0) is 9.84 Å². The summed E-state index contributed by atoms with van der Waals surface area (Å²) in [5, 5.41) is 5.99. The lowest BCUT2D eigenvalue weighted by Crippen LogP contribution is -2.18. The van der Waals surface area contributed by atoms with Crippen LogP contribution in [0.1, 0.15) is 20.7 Å². The molecule has 0 aliphatic rings. The maximum absolute atomic E-state index is 12.6. The number of benzene rings is 3. The van der Waals surface area contributed by atoms with Gasteiger partial charge >= 0.3 is 0 Å². The Labute approximate surface area is 173 Å². The first kappa shape index (κ1) is 20.6. The average molecular weight is 429 g/mol. The van der Waals surface area contributed by atoms with E-state index >= 15 is 0 Å². The molecule has 0 saturated heterocycles. The molecule has 0 heterocycles. The van der Waals surface area contributed by atoms with Crippen LogP contribution >= 0.6 is 11.6 Å². The summed E-state index contributed by atoms with van der Waals surface area (Å²) in [4.78, 5) is 25.3. The zero-order chi connectivity index (χ0) is 21.0. The van der Waals surface area contributed by atoms with Gasteiger partial charge in [-0.05, 0) is 60.7 Å². The molecule has 148 valence electrons. The summed E-state index contributed by atoms with van der Waals surface area (Å²) in [6, 6.07) is 18.8. The first-order chi connectivity index (χ1) is 13.7. The summed E-state index contributed by atoms with van der Waals surface area (Å²) in [5.41, 5.74) is 1.45. The van der Waals surface area contributed by atoms with E-state index in [1.165, 1.54) is 24.3 Å². The first-order valence-electron chi connectivity index (χ1n) is 8.51. The second-order valence-corrected chi connectivity index (χ2v) is 8.71. The van der Waals surface area contributed by atoms with Crippen LogP contribution in [0.15, 0.2) is 77.7 Å². The lowest BCUT2D eigenvalue weighted by molar-refractivity contribution is 0.102. The SMILES string of the molecule is CS(=O)(=O)c1ccc(C(=O)Nc2ccccc2C(=O)Nc2ccc(Cl)cc2)cc1. The number of para-hydroxylation sites is 1. The molecule has 0 unspecified atom stereocenters. The van der Waals surface area contributed by atoms with Crippen molar-refractivity contribution in [3.8, 4) is 0 Å². The second kappa shape index (κ2) is 8.46. The Morgan fingerprint density at radius 1 is 0.793 bits per heavy atom. The predicted octanol–water partition coefficient (Wildman–Crippen LogP) is 4.25. The van der Waals surface area contributed by atoms with Crippen LogP contribution in [0.4, 0.5) is 11.4 Å². The molecule has 2 N–H and O–H groups in total. The Kier molecular flexibility index (Phi) is 6.00. The average Bonchev–Trinajstić information content (AvgIpc) is 2.69. The largest absolute Gasteiger partial charge is 0.322 e. The fraction of sp³-hybridized carbons (Fsp3) is 0.0476. The number of hydrogen-bond donors (Lipinski definition) is 2. The minimum atomic E-state index is -3.35. The molecule has 29 heavy (non-hydrogen) atoms. The third-order valence-electron chi connectivity index (χ3n) is 4.07.